The van der Waals surface area contributed by atoms with Crippen LogP contribution in [-0.2, 0) is 0 Å². The summed E-state index contributed by atoms with van der Waals surface area (Å²) in [5.74, 6) is 1.76. The summed E-state index contributed by atoms with van der Waals surface area (Å²) in [7, 11) is 0. The maximum Gasteiger partial charge on any atom is 0.147 e. The van der Waals surface area contributed by atoms with Crippen LogP contribution in [0.15, 0.2) is 12.3 Å². The van der Waals surface area contributed by atoms with E-state index in [2.05, 4.69) is 16.8 Å². The van der Waals surface area contributed by atoms with Gasteiger partial charge < -0.3 is 10.6 Å². The molecule has 100 valence electrons. The fourth-order valence-electron chi connectivity index (χ4n) is 2.75. The Bertz CT molecular complexity index is 395. The molecule has 2 rings (SSSR count). The van der Waals surface area contributed by atoms with E-state index in [1.54, 1.807) is 12.3 Å². The van der Waals surface area contributed by atoms with Gasteiger partial charge >= 0.3 is 0 Å². The summed E-state index contributed by atoms with van der Waals surface area (Å²) in [6, 6.07) is 1.79. The predicted molar refractivity (Wildman–Crippen MR) is 78.1 cm³/mol. The lowest BCUT2D eigenvalue weighted by atomic mass is 9.96. The van der Waals surface area contributed by atoms with Crippen LogP contribution in [-0.4, -0.2) is 18.1 Å². The SMILES string of the molecule is CCCC1CCCN(c2ncc(N)cc2Cl)CC1. The minimum atomic E-state index is 0.627. The zero-order valence-electron chi connectivity index (χ0n) is 11.0. The molecule has 1 fully saturated rings. The second-order valence-electron chi connectivity index (χ2n) is 5.15. The minimum absolute atomic E-state index is 0.627. The van der Waals surface area contributed by atoms with Crippen LogP contribution in [0.3, 0.4) is 0 Å². The van der Waals surface area contributed by atoms with E-state index >= 15 is 0 Å². The quantitative estimate of drug-likeness (QED) is 0.908. The topological polar surface area (TPSA) is 42.2 Å². The molecule has 2 heterocycles. The second-order valence-corrected chi connectivity index (χ2v) is 5.55. The number of nitrogens with two attached hydrogens (primary N) is 1. The number of nitrogen functional groups attached to an aromatic ring is 1. The Morgan fingerprint density at radius 2 is 2.28 bits per heavy atom. The van der Waals surface area contributed by atoms with E-state index in [0.29, 0.717) is 10.7 Å². The summed E-state index contributed by atoms with van der Waals surface area (Å²) < 4.78 is 0. The number of nitrogens with zero attached hydrogens (tertiary/aromatic N) is 2. The van der Waals surface area contributed by atoms with E-state index in [-0.39, 0.29) is 0 Å². The molecule has 1 saturated heterocycles. The highest BCUT2D eigenvalue weighted by molar-refractivity contribution is 6.33. The van der Waals surface area contributed by atoms with Gasteiger partial charge in [-0.05, 0) is 31.2 Å². The van der Waals surface area contributed by atoms with Crippen LogP contribution in [0.5, 0.6) is 0 Å². The molecular weight excluding hydrogens is 246 g/mol. The third-order valence-electron chi connectivity index (χ3n) is 3.69. The maximum absolute atomic E-state index is 6.23. The van der Waals surface area contributed by atoms with E-state index in [4.69, 9.17) is 17.3 Å². The molecule has 1 aliphatic heterocycles. The number of rotatable bonds is 3. The Balaban J connectivity index is 2.05. The van der Waals surface area contributed by atoms with Crippen molar-refractivity contribution in [3.8, 4) is 0 Å². The molecule has 0 spiro atoms. The smallest absolute Gasteiger partial charge is 0.147 e. The molecule has 4 heteroatoms. The van der Waals surface area contributed by atoms with Crippen LogP contribution in [0.25, 0.3) is 0 Å². The number of pyridine rings is 1. The summed E-state index contributed by atoms with van der Waals surface area (Å²) in [5, 5.41) is 0.670. The van der Waals surface area contributed by atoms with Crippen molar-refractivity contribution in [2.75, 3.05) is 23.7 Å². The van der Waals surface area contributed by atoms with Crippen molar-refractivity contribution in [2.45, 2.75) is 39.0 Å². The summed E-state index contributed by atoms with van der Waals surface area (Å²) >= 11 is 6.23. The number of aromatic nitrogens is 1. The molecule has 0 amide bonds. The van der Waals surface area contributed by atoms with Gasteiger partial charge in [0.2, 0.25) is 0 Å². The Kier molecular flexibility index (Phi) is 4.70. The lowest BCUT2D eigenvalue weighted by Gasteiger charge is -2.22. The van der Waals surface area contributed by atoms with Gasteiger partial charge in [-0.15, -0.1) is 0 Å². The third kappa shape index (κ3) is 3.29. The molecule has 1 aliphatic rings. The fourth-order valence-corrected chi connectivity index (χ4v) is 3.05. The van der Waals surface area contributed by atoms with Gasteiger partial charge in [0.25, 0.3) is 0 Å². The highest BCUT2D eigenvalue weighted by Gasteiger charge is 2.19. The summed E-state index contributed by atoms with van der Waals surface area (Å²) in [6.07, 6.45) is 8.12. The van der Waals surface area contributed by atoms with Gasteiger partial charge in [0.1, 0.15) is 5.82 Å². The molecule has 0 radical (unpaired) electrons. The molecule has 0 bridgehead atoms. The number of hydrogen-bond acceptors (Lipinski definition) is 3. The van der Waals surface area contributed by atoms with Crippen molar-refractivity contribution in [3.05, 3.63) is 17.3 Å². The van der Waals surface area contributed by atoms with Gasteiger partial charge in [0, 0.05) is 13.1 Å². The molecule has 0 aromatic carbocycles. The molecule has 18 heavy (non-hydrogen) atoms. The van der Waals surface area contributed by atoms with Gasteiger partial charge in [-0.25, -0.2) is 4.98 Å². The molecule has 1 unspecified atom stereocenters. The standard InChI is InChI=1S/C14H22ClN3/c1-2-4-11-5-3-7-18(8-6-11)14-13(15)9-12(16)10-17-14/h9-11H,2-8,16H2,1H3. The van der Waals surface area contributed by atoms with Crippen LogP contribution in [0, 0.1) is 5.92 Å². The van der Waals surface area contributed by atoms with E-state index in [1.807, 2.05) is 0 Å². The first-order chi connectivity index (χ1) is 8.70. The third-order valence-corrected chi connectivity index (χ3v) is 3.97. The van der Waals surface area contributed by atoms with E-state index < -0.39 is 0 Å². The monoisotopic (exact) mass is 267 g/mol. The zero-order valence-corrected chi connectivity index (χ0v) is 11.8. The average Bonchev–Trinajstić information content (AvgIpc) is 2.55. The van der Waals surface area contributed by atoms with Crippen molar-refractivity contribution < 1.29 is 0 Å². The second kappa shape index (κ2) is 6.28. The predicted octanol–water partition coefficient (Wildman–Crippen LogP) is 3.72. The fraction of sp³-hybridized carbons (Fsp3) is 0.643. The largest absolute Gasteiger partial charge is 0.397 e. The van der Waals surface area contributed by atoms with Crippen LogP contribution in [0.1, 0.15) is 39.0 Å². The highest BCUT2D eigenvalue weighted by Crippen LogP contribution is 2.29. The summed E-state index contributed by atoms with van der Waals surface area (Å²) in [5.41, 5.74) is 6.31. The van der Waals surface area contributed by atoms with Crippen LogP contribution in [0.4, 0.5) is 11.5 Å². The van der Waals surface area contributed by atoms with Gasteiger partial charge in [-0.3, -0.25) is 0 Å². The molecule has 2 N–H and O–H groups in total. The van der Waals surface area contributed by atoms with Gasteiger partial charge in [-0.1, -0.05) is 31.4 Å². The lowest BCUT2D eigenvalue weighted by Crippen LogP contribution is -2.25. The van der Waals surface area contributed by atoms with Crippen LogP contribution < -0.4 is 10.6 Å². The summed E-state index contributed by atoms with van der Waals surface area (Å²) in [4.78, 5) is 6.69. The van der Waals surface area contributed by atoms with Crippen molar-refractivity contribution in [2.24, 2.45) is 5.92 Å². The summed E-state index contributed by atoms with van der Waals surface area (Å²) in [6.45, 7) is 4.37. The molecule has 1 aromatic heterocycles. The van der Waals surface area contributed by atoms with E-state index in [0.717, 1.165) is 24.8 Å². The Morgan fingerprint density at radius 1 is 1.44 bits per heavy atom. The number of halogens is 1. The van der Waals surface area contributed by atoms with Gasteiger partial charge in [-0.2, -0.15) is 0 Å². The Morgan fingerprint density at radius 3 is 3.00 bits per heavy atom. The molecular formula is C14H22ClN3. The van der Waals surface area contributed by atoms with Gasteiger partial charge in [0.05, 0.1) is 16.9 Å². The zero-order chi connectivity index (χ0) is 13.0. The molecule has 1 aromatic rings. The van der Waals surface area contributed by atoms with E-state index in [9.17, 15) is 0 Å². The first kappa shape index (κ1) is 13.5. The van der Waals surface area contributed by atoms with Crippen molar-refractivity contribution in [1.82, 2.24) is 4.98 Å². The van der Waals surface area contributed by atoms with Crippen molar-refractivity contribution in [1.29, 1.82) is 0 Å². The first-order valence-corrected chi connectivity index (χ1v) is 7.24. The van der Waals surface area contributed by atoms with Crippen molar-refractivity contribution >= 4 is 23.1 Å². The number of anilines is 2. The molecule has 1 atom stereocenters. The maximum atomic E-state index is 6.23. The van der Waals surface area contributed by atoms with Crippen LogP contribution >= 0.6 is 11.6 Å². The number of hydrogen-bond donors (Lipinski definition) is 1. The highest BCUT2D eigenvalue weighted by atomic mass is 35.5. The molecule has 3 nitrogen and oxygen atoms in total. The van der Waals surface area contributed by atoms with Gasteiger partial charge in [0.15, 0.2) is 0 Å². The van der Waals surface area contributed by atoms with E-state index in [1.165, 1.54) is 32.1 Å². The van der Waals surface area contributed by atoms with Crippen LogP contribution in [0.2, 0.25) is 5.02 Å². The molecule has 0 aliphatic carbocycles. The Hall–Kier alpha value is -0.960. The Labute approximate surface area is 114 Å². The average molecular weight is 268 g/mol. The van der Waals surface area contributed by atoms with Crippen molar-refractivity contribution in [3.63, 3.8) is 0 Å². The molecule has 0 saturated carbocycles. The lowest BCUT2D eigenvalue weighted by molar-refractivity contribution is 0.435. The normalized spacial score (nSPS) is 20.8. The first-order valence-electron chi connectivity index (χ1n) is 6.86. The minimum Gasteiger partial charge on any atom is -0.397 e.